The summed E-state index contributed by atoms with van der Waals surface area (Å²) in [6.07, 6.45) is 0.897. The average Bonchev–Trinajstić information content (AvgIpc) is 2.83. The first-order valence-electron chi connectivity index (χ1n) is 6.06. The second kappa shape index (κ2) is 4.61. The van der Waals surface area contributed by atoms with E-state index in [0.717, 1.165) is 23.3 Å². The predicted octanol–water partition coefficient (Wildman–Crippen LogP) is 1.82. The van der Waals surface area contributed by atoms with Crippen LogP contribution in [0, 0.1) is 5.41 Å². The van der Waals surface area contributed by atoms with E-state index in [9.17, 15) is 4.79 Å². The highest BCUT2D eigenvalue weighted by Gasteiger charge is 2.36. The van der Waals surface area contributed by atoms with Crippen LogP contribution >= 0.6 is 0 Å². The summed E-state index contributed by atoms with van der Waals surface area (Å²) in [5.41, 5.74) is 7.55. The van der Waals surface area contributed by atoms with Crippen molar-refractivity contribution in [1.29, 1.82) is 0 Å². The van der Waals surface area contributed by atoms with Crippen LogP contribution < -0.4 is 10.5 Å². The molecule has 1 aliphatic rings. The predicted molar refractivity (Wildman–Crippen MR) is 68.4 cm³/mol. The fraction of sp³-hybridized carbons (Fsp3) is 0.500. The van der Waals surface area contributed by atoms with Crippen molar-refractivity contribution >= 4 is 5.97 Å². The van der Waals surface area contributed by atoms with E-state index in [2.05, 4.69) is 0 Å². The molecule has 1 aromatic rings. The number of benzene rings is 1. The Morgan fingerprint density at radius 2 is 2.22 bits per heavy atom. The highest BCUT2D eigenvalue weighted by Crippen LogP contribution is 2.35. The molecule has 0 unspecified atom stereocenters. The van der Waals surface area contributed by atoms with Crippen molar-refractivity contribution in [2.45, 2.75) is 26.3 Å². The largest absolute Gasteiger partial charge is 0.493 e. The van der Waals surface area contributed by atoms with Crippen LogP contribution in [0.4, 0.5) is 0 Å². The van der Waals surface area contributed by atoms with Crippen molar-refractivity contribution in [3.8, 4) is 5.75 Å². The molecule has 0 amide bonds. The Bertz CT molecular complexity index is 468. The van der Waals surface area contributed by atoms with Gasteiger partial charge in [-0.05, 0) is 31.0 Å². The number of nitrogens with two attached hydrogens (primary N) is 1. The van der Waals surface area contributed by atoms with Crippen molar-refractivity contribution in [3.63, 3.8) is 0 Å². The number of esters is 1. The number of rotatable bonds is 3. The molecule has 1 heterocycles. The molecular weight excluding hydrogens is 230 g/mol. The van der Waals surface area contributed by atoms with Crippen molar-refractivity contribution in [2.24, 2.45) is 11.1 Å². The summed E-state index contributed by atoms with van der Waals surface area (Å²) in [7, 11) is 1.38. The quantitative estimate of drug-likeness (QED) is 0.830. The maximum Gasteiger partial charge on any atom is 0.313 e. The molecular formula is C14H19NO3. The van der Waals surface area contributed by atoms with Crippen molar-refractivity contribution in [2.75, 3.05) is 13.7 Å². The van der Waals surface area contributed by atoms with Crippen molar-refractivity contribution in [1.82, 2.24) is 0 Å². The molecule has 4 heteroatoms. The maximum atomic E-state index is 11.8. The number of fused-ring (bicyclic) bond motifs is 1. The number of hydrogen-bond donors (Lipinski definition) is 1. The molecule has 1 aliphatic heterocycles. The third-order valence-corrected chi connectivity index (χ3v) is 3.56. The van der Waals surface area contributed by atoms with E-state index in [0.29, 0.717) is 6.61 Å². The summed E-state index contributed by atoms with van der Waals surface area (Å²) in [5.74, 6) is 0.619. The number of ether oxygens (including phenoxy) is 2. The minimum absolute atomic E-state index is 0.299. The summed E-state index contributed by atoms with van der Waals surface area (Å²) in [5, 5.41) is 0. The molecule has 0 radical (unpaired) electrons. The van der Waals surface area contributed by atoms with E-state index in [-0.39, 0.29) is 5.97 Å². The second-order valence-electron chi connectivity index (χ2n) is 5.16. The lowest BCUT2D eigenvalue weighted by molar-refractivity contribution is -0.152. The first-order valence-corrected chi connectivity index (χ1v) is 6.06. The first kappa shape index (κ1) is 12.9. The monoisotopic (exact) mass is 249 g/mol. The fourth-order valence-electron chi connectivity index (χ4n) is 2.21. The van der Waals surface area contributed by atoms with E-state index in [4.69, 9.17) is 15.2 Å². The summed E-state index contributed by atoms with van der Waals surface area (Å²) >= 11 is 0. The van der Waals surface area contributed by atoms with Crippen LogP contribution in [0.25, 0.3) is 0 Å². The Hall–Kier alpha value is -1.55. The van der Waals surface area contributed by atoms with Gasteiger partial charge in [0.2, 0.25) is 0 Å². The topological polar surface area (TPSA) is 61.5 Å². The third-order valence-electron chi connectivity index (χ3n) is 3.56. The standard InChI is InChI=1S/C14H19NO3/c1-14(2,13(16)17-3)12(15)10-4-5-11-9(8-10)6-7-18-11/h4-5,8,12H,6-7,15H2,1-3H3/t12-/m1/s1. The molecule has 1 aromatic carbocycles. The van der Waals surface area contributed by atoms with Crippen LogP contribution in [0.2, 0.25) is 0 Å². The highest BCUT2D eigenvalue weighted by molar-refractivity contribution is 5.77. The number of hydrogen-bond acceptors (Lipinski definition) is 4. The van der Waals surface area contributed by atoms with Gasteiger partial charge in [-0.3, -0.25) is 4.79 Å². The van der Waals surface area contributed by atoms with Gasteiger partial charge in [-0.15, -0.1) is 0 Å². The molecule has 0 aromatic heterocycles. The molecule has 18 heavy (non-hydrogen) atoms. The van der Waals surface area contributed by atoms with Gasteiger partial charge in [0, 0.05) is 12.5 Å². The van der Waals surface area contributed by atoms with Crippen LogP contribution in [0.15, 0.2) is 18.2 Å². The van der Waals surface area contributed by atoms with Gasteiger partial charge >= 0.3 is 5.97 Å². The lowest BCUT2D eigenvalue weighted by Gasteiger charge is -2.29. The van der Waals surface area contributed by atoms with Gasteiger partial charge in [0.1, 0.15) is 5.75 Å². The van der Waals surface area contributed by atoms with Gasteiger partial charge in [0.15, 0.2) is 0 Å². The minimum atomic E-state index is -0.748. The van der Waals surface area contributed by atoms with Crippen LogP contribution in [0.3, 0.4) is 0 Å². The van der Waals surface area contributed by atoms with Crippen LogP contribution in [-0.2, 0) is 16.0 Å². The summed E-state index contributed by atoms with van der Waals surface area (Å²) in [4.78, 5) is 11.8. The molecule has 4 nitrogen and oxygen atoms in total. The molecule has 0 bridgehead atoms. The molecule has 0 spiro atoms. The van der Waals surface area contributed by atoms with Gasteiger partial charge in [0.05, 0.1) is 19.1 Å². The molecule has 0 saturated heterocycles. The SMILES string of the molecule is COC(=O)C(C)(C)[C@H](N)c1ccc2c(c1)CCO2. The zero-order valence-corrected chi connectivity index (χ0v) is 11.0. The van der Waals surface area contributed by atoms with E-state index in [1.54, 1.807) is 13.8 Å². The molecule has 98 valence electrons. The Kier molecular flexibility index (Phi) is 3.30. The highest BCUT2D eigenvalue weighted by atomic mass is 16.5. The number of carbonyl (C=O) groups excluding carboxylic acids is 1. The van der Waals surface area contributed by atoms with Gasteiger partial charge in [-0.1, -0.05) is 12.1 Å². The Labute approximate surface area is 107 Å². The fourth-order valence-corrected chi connectivity index (χ4v) is 2.21. The number of methoxy groups -OCH3 is 1. The maximum absolute atomic E-state index is 11.8. The van der Waals surface area contributed by atoms with Crippen molar-refractivity contribution in [3.05, 3.63) is 29.3 Å². The lowest BCUT2D eigenvalue weighted by Crippen LogP contribution is -2.37. The second-order valence-corrected chi connectivity index (χ2v) is 5.16. The third kappa shape index (κ3) is 2.08. The van der Waals surface area contributed by atoms with Crippen LogP contribution in [-0.4, -0.2) is 19.7 Å². The van der Waals surface area contributed by atoms with Crippen LogP contribution in [0.1, 0.15) is 31.0 Å². The first-order chi connectivity index (χ1) is 8.46. The molecule has 0 fully saturated rings. The Morgan fingerprint density at radius 3 is 2.89 bits per heavy atom. The molecule has 0 aliphatic carbocycles. The van der Waals surface area contributed by atoms with Gasteiger partial charge in [-0.2, -0.15) is 0 Å². The van der Waals surface area contributed by atoms with Gasteiger partial charge < -0.3 is 15.2 Å². The van der Waals surface area contributed by atoms with Gasteiger partial charge in [-0.25, -0.2) is 0 Å². The molecule has 0 saturated carbocycles. The summed E-state index contributed by atoms with van der Waals surface area (Å²) < 4.78 is 10.3. The Balaban J connectivity index is 2.28. The van der Waals surface area contributed by atoms with E-state index >= 15 is 0 Å². The van der Waals surface area contributed by atoms with E-state index < -0.39 is 11.5 Å². The van der Waals surface area contributed by atoms with Crippen LogP contribution in [0.5, 0.6) is 5.75 Å². The summed E-state index contributed by atoms with van der Waals surface area (Å²) in [6.45, 7) is 4.31. The van der Waals surface area contributed by atoms with E-state index in [1.165, 1.54) is 7.11 Å². The zero-order valence-electron chi connectivity index (χ0n) is 11.0. The minimum Gasteiger partial charge on any atom is -0.493 e. The average molecular weight is 249 g/mol. The normalized spacial score (nSPS) is 15.8. The smallest absolute Gasteiger partial charge is 0.313 e. The van der Waals surface area contributed by atoms with Crippen molar-refractivity contribution < 1.29 is 14.3 Å². The van der Waals surface area contributed by atoms with Gasteiger partial charge in [0.25, 0.3) is 0 Å². The molecule has 2 N–H and O–H groups in total. The Morgan fingerprint density at radius 1 is 1.50 bits per heavy atom. The molecule has 1 atom stereocenters. The number of carbonyl (C=O) groups is 1. The van der Waals surface area contributed by atoms with E-state index in [1.807, 2.05) is 18.2 Å². The zero-order chi connectivity index (χ0) is 13.3. The summed E-state index contributed by atoms with van der Waals surface area (Å²) in [6, 6.07) is 5.47. The molecule has 2 rings (SSSR count). The lowest BCUT2D eigenvalue weighted by atomic mass is 9.80.